The average molecular weight is 317 g/mol. The monoisotopic (exact) mass is 317 g/mol. The number of hydrogen-bond acceptors (Lipinski definition) is 5. The molecule has 0 bridgehead atoms. The van der Waals surface area contributed by atoms with Gasteiger partial charge in [-0.05, 0) is 38.3 Å². The van der Waals surface area contributed by atoms with Crippen molar-refractivity contribution < 1.29 is 14.5 Å². The fourth-order valence-electron chi connectivity index (χ4n) is 3.55. The van der Waals surface area contributed by atoms with E-state index in [1.54, 1.807) is 19.1 Å². The first kappa shape index (κ1) is 15.5. The Bertz CT molecular complexity index is 688. The van der Waals surface area contributed by atoms with Gasteiger partial charge in [0, 0.05) is 36.8 Å². The Labute approximate surface area is 133 Å². The van der Waals surface area contributed by atoms with Crippen molar-refractivity contribution >= 4 is 23.2 Å². The smallest absolute Gasteiger partial charge is 0.272 e. The highest BCUT2D eigenvalue weighted by atomic mass is 16.6. The van der Waals surface area contributed by atoms with E-state index in [1.807, 2.05) is 0 Å². The second kappa shape index (κ2) is 5.64. The van der Waals surface area contributed by atoms with Gasteiger partial charge in [-0.25, -0.2) is 0 Å². The van der Waals surface area contributed by atoms with E-state index in [0.29, 0.717) is 44.3 Å². The fourth-order valence-corrected chi connectivity index (χ4v) is 3.55. The molecule has 3 rings (SSSR count). The largest absolute Gasteiger partial charge is 0.370 e. The van der Waals surface area contributed by atoms with Crippen LogP contribution in [0, 0.1) is 22.5 Å². The van der Waals surface area contributed by atoms with Gasteiger partial charge in [-0.1, -0.05) is 0 Å². The number of benzene rings is 1. The molecule has 2 saturated heterocycles. The number of aryl methyl sites for hydroxylation is 1. The van der Waals surface area contributed by atoms with Gasteiger partial charge in [0.05, 0.1) is 10.3 Å². The molecule has 2 aliphatic heterocycles. The summed E-state index contributed by atoms with van der Waals surface area (Å²) in [5.41, 5.74) is 1.06. The van der Waals surface area contributed by atoms with E-state index in [2.05, 4.69) is 10.2 Å². The normalized spacial score (nSPS) is 24.7. The molecular formula is C16H19N3O4. The third-order valence-corrected chi connectivity index (χ3v) is 4.89. The van der Waals surface area contributed by atoms with Crippen LogP contribution in [0.25, 0.3) is 0 Å². The lowest BCUT2D eigenvalue weighted by Gasteiger charge is -2.26. The molecule has 1 aromatic rings. The van der Waals surface area contributed by atoms with Gasteiger partial charge < -0.3 is 4.90 Å². The maximum absolute atomic E-state index is 12.4. The summed E-state index contributed by atoms with van der Waals surface area (Å²) in [5.74, 6) is -0.377. The van der Waals surface area contributed by atoms with E-state index in [4.69, 9.17) is 0 Å². The van der Waals surface area contributed by atoms with Crippen LogP contribution in [0.4, 0.5) is 11.4 Å². The lowest BCUT2D eigenvalue weighted by Crippen LogP contribution is -2.43. The van der Waals surface area contributed by atoms with E-state index in [9.17, 15) is 19.7 Å². The standard InChI is InChI=1S/C16H19N3O4/c1-11-9-12(4-5-13(11)19(22)23)18-8-7-16(10-18)6-2-3-14(20)17-15(16)21/h4-5,9H,2-3,6-8,10H2,1H3,(H,17,20,21). The van der Waals surface area contributed by atoms with Crippen LogP contribution in [-0.2, 0) is 9.59 Å². The van der Waals surface area contributed by atoms with Crippen molar-refractivity contribution in [2.75, 3.05) is 18.0 Å². The summed E-state index contributed by atoms with van der Waals surface area (Å²) in [7, 11) is 0. The first-order valence-corrected chi connectivity index (χ1v) is 7.76. The molecule has 2 amide bonds. The molecular weight excluding hydrogens is 298 g/mol. The Morgan fingerprint density at radius 3 is 2.78 bits per heavy atom. The summed E-state index contributed by atoms with van der Waals surface area (Å²) in [6.07, 6.45) is 2.50. The van der Waals surface area contributed by atoms with Crippen LogP contribution in [0.15, 0.2) is 18.2 Å². The van der Waals surface area contributed by atoms with Gasteiger partial charge in [-0.2, -0.15) is 0 Å². The van der Waals surface area contributed by atoms with Crippen LogP contribution in [-0.4, -0.2) is 29.8 Å². The molecule has 1 unspecified atom stereocenters. The van der Waals surface area contributed by atoms with Crippen LogP contribution in [0.2, 0.25) is 0 Å². The number of amides is 2. The number of nitrogens with zero attached hydrogens (tertiary/aromatic N) is 2. The van der Waals surface area contributed by atoms with Crippen molar-refractivity contribution in [2.24, 2.45) is 5.41 Å². The lowest BCUT2D eigenvalue weighted by molar-refractivity contribution is -0.385. The highest BCUT2D eigenvalue weighted by molar-refractivity contribution is 5.99. The molecule has 122 valence electrons. The number of hydrogen-bond donors (Lipinski definition) is 1. The molecule has 0 radical (unpaired) electrons. The van der Waals surface area contributed by atoms with Crippen molar-refractivity contribution in [1.82, 2.24) is 5.32 Å². The van der Waals surface area contributed by atoms with Gasteiger partial charge in [0.15, 0.2) is 0 Å². The molecule has 23 heavy (non-hydrogen) atoms. The molecule has 2 heterocycles. The Balaban J connectivity index is 1.82. The Morgan fingerprint density at radius 1 is 1.30 bits per heavy atom. The molecule has 1 spiro atoms. The highest BCUT2D eigenvalue weighted by Gasteiger charge is 2.46. The summed E-state index contributed by atoms with van der Waals surface area (Å²) in [6.45, 7) is 2.97. The van der Waals surface area contributed by atoms with Gasteiger partial charge >= 0.3 is 0 Å². The number of nitro benzene ring substituents is 1. The summed E-state index contributed by atoms with van der Waals surface area (Å²) in [5, 5.41) is 13.4. The van der Waals surface area contributed by atoms with E-state index < -0.39 is 10.3 Å². The molecule has 0 aromatic heterocycles. The molecule has 2 aliphatic rings. The minimum atomic E-state index is -0.526. The maximum Gasteiger partial charge on any atom is 0.272 e. The van der Waals surface area contributed by atoms with Gasteiger partial charge in [0.1, 0.15) is 0 Å². The zero-order valence-corrected chi connectivity index (χ0v) is 13.0. The van der Waals surface area contributed by atoms with Crippen LogP contribution < -0.4 is 10.2 Å². The predicted molar refractivity (Wildman–Crippen MR) is 84.1 cm³/mol. The summed E-state index contributed by atoms with van der Waals surface area (Å²) >= 11 is 0. The molecule has 0 aliphatic carbocycles. The van der Waals surface area contributed by atoms with Crippen molar-refractivity contribution in [3.8, 4) is 0 Å². The maximum atomic E-state index is 12.4. The zero-order chi connectivity index (χ0) is 16.6. The van der Waals surface area contributed by atoms with Gasteiger partial charge in [-0.3, -0.25) is 25.0 Å². The number of anilines is 1. The van der Waals surface area contributed by atoms with Crippen LogP contribution >= 0.6 is 0 Å². The predicted octanol–water partition coefficient (Wildman–Crippen LogP) is 1.93. The SMILES string of the molecule is Cc1cc(N2CCC3(CCCC(=O)NC3=O)C2)ccc1[N+](=O)[O-]. The van der Waals surface area contributed by atoms with E-state index >= 15 is 0 Å². The number of rotatable bonds is 2. The average Bonchev–Trinajstić information content (AvgIpc) is 2.86. The molecule has 1 N–H and O–H groups in total. The van der Waals surface area contributed by atoms with Crippen molar-refractivity contribution in [1.29, 1.82) is 0 Å². The van der Waals surface area contributed by atoms with Crippen LogP contribution in [0.1, 0.15) is 31.2 Å². The van der Waals surface area contributed by atoms with Crippen LogP contribution in [0.5, 0.6) is 0 Å². The van der Waals surface area contributed by atoms with E-state index in [0.717, 1.165) is 5.69 Å². The topological polar surface area (TPSA) is 92.6 Å². The Hall–Kier alpha value is -2.44. The third kappa shape index (κ3) is 2.78. The van der Waals surface area contributed by atoms with Crippen molar-refractivity contribution in [3.63, 3.8) is 0 Å². The van der Waals surface area contributed by atoms with Gasteiger partial charge in [0.2, 0.25) is 11.8 Å². The molecule has 2 fully saturated rings. The zero-order valence-electron chi connectivity index (χ0n) is 13.0. The van der Waals surface area contributed by atoms with Crippen molar-refractivity contribution in [2.45, 2.75) is 32.6 Å². The molecule has 0 saturated carbocycles. The Morgan fingerprint density at radius 2 is 2.09 bits per heavy atom. The van der Waals surface area contributed by atoms with E-state index in [-0.39, 0.29) is 17.5 Å². The Kier molecular flexibility index (Phi) is 3.79. The lowest BCUT2D eigenvalue weighted by atomic mass is 9.82. The van der Waals surface area contributed by atoms with Gasteiger partial charge in [0.25, 0.3) is 5.69 Å². The second-order valence-corrected chi connectivity index (χ2v) is 6.41. The highest BCUT2D eigenvalue weighted by Crippen LogP contribution is 2.40. The van der Waals surface area contributed by atoms with E-state index in [1.165, 1.54) is 6.07 Å². The first-order valence-electron chi connectivity index (χ1n) is 7.76. The fraction of sp³-hybridized carbons (Fsp3) is 0.500. The van der Waals surface area contributed by atoms with Crippen LogP contribution in [0.3, 0.4) is 0 Å². The quantitative estimate of drug-likeness (QED) is 0.511. The molecule has 7 heteroatoms. The minimum Gasteiger partial charge on any atom is -0.370 e. The number of carbonyl (C=O) groups excluding carboxylic acids is 2. The number of nitrogens with one attached hydrogen (secondary N) is 1. The number of carbonyl (C=O) groups is 2. The number of imide groups is 1. The third-order valence-electron chi connectivity index (χ3n) is 4.89. The summed E-state index contributed by atoms with van der Waals surface area (Å²) < 4.78 is 0. The second-order valence-electron chi connectivity index (χ2n) is 6.41. The number of nitro groups is 1. The molecule has 1 atom stereocenters. The first-order chi connectivity index (χ1) is 10.9. The summed E-state index contributed by atoms with van der Waals surface area (Å²) in [6, 6.07) is 5.02. The van der Waals surface area contributed by atoms with Gasteiger partial charge in [-0.15, -0.1) is 0 Å². The molecule has 7 nitrogen and oxygen atoms in total. The minimum absolute atomic E-state index is 0.0977. The van der Waals surface area contributed by atoms with Crippen molar-refractivity contribution in [3.05, 3.63) is 33.9 Å². The molecule has 1 aromatic carbocycles. The summed E-state index contributed by atoms with van der Waals surface area (Å²) in [4.78, 5) is 36.5.